The third kappa shape index (κ3) is 4.49. The summed E-state index contributed by atoms with van der Waals surface area (Å²) in [7, 11) is 1.56. The van der Waals surface area contributed by atoms with Crippen LogP contribution < -0.4 is 14.4 Å². The van der Waals surface area contributed by atoms with E-state index in [4.69, 9.17) is 9.47 Å². The highest BCUT2D eigenvalue weighted by Crippen LogP contribution is 2.45. The Bertz CT molecular complexity index is 1530. The molecule has 0 spiro atoms. The summed E-state index contributed by atoms with van der Waals surface area (Å²) in [4.78, 5) is 32.7. The minimum absolute atomic E-state index is 0.0357. The maximum atomic E-state index is 13.4. The number of aliphatic hydroxyl groups excluding tert-OH is 1. The molecule has 2 N–H and O–H groups in total. The predicted octanol–water partition coefficient (Wildman–Crippen LogP) is 5.43. The highest BCUT2D eigenvalue weighted by molar-refractivity contribution is 7.22. The molecule has 1 aromatic heterocycles. The lowest BCUT2D eigenvalue weighted by Gasteiger charge is -2.23. The maximum Gasteiger partial charge on any atom is 0.301 e. The third-order valence-corrected chi connectivity index (χ3v) is 7.04. The smallest absolute Gasteiger partial charge is 0.301 e. The molecule has 1 unspecified atom stereocenters. The molecule has 1 aliphatic rings. The summed E-state index contributed by atoms with van der Waals surface area (Å²) in [5, 5.41) is 21.5. The Hall–Kier alpha value is -4.37. The normalized spacial score (nSPS) is 16.9. The zero-order chi connectivity index (χ0) is 26.1. The van der Waals surface area contributed by atoms with Gasteiger partial charge in [-0.15, -0.1) is 0 Å². The van der Waals surface area contributed by atoms with Crippen LogP contribution in [0.15, 0.2) is 72.3 Å². The van der Waals surface area contributed by atoms with Crippen molar-refractivity contribution in [2.24, 2.45) is 0 Å². The predicted molar refractivity (Wildman–Crippen MR) is 141 cm³/mol. The number of aromatic hydroxyl groups is 1. The first kappa shape index (κ1) is 24.3. The van der Waals surface area contributed by atoms with E-state index >= 15 is 0 Å². The maximum absolute atomic E-state index is 13.4. The van der Waals surface area contributed by atoms with Crippen LogP contribution in [0, 0.1) is 0 Å². The zero-order valence-electron chi connectivity index (χ0n) is 20.2. The zero-order valence-corrected chi connectivity index (χ0v) is 21.0. The van der Waals surface area contributed by atoms with Gasteiger partial charge in [0, 0.05) is 5.56 Å². The number of hydrogen-bond donors (Lipinski definition) is 2. The van der Waals surface area contributed by atoms with Crippen molar-refractivity contribution < 1.29 is 29.3 Å². The summed E-state index contributed by atoms with van der Waals surface area (Å²) in [6.45, 7) is 2.49. The molecule has 8 nitrogen and oxygen atoms in total. The van der Waals surface area contributed by atoms with Gasteiger partial charge in [-0.1, -0.05) is 42.5 Å². The second kappa shape index (κ2) is 9.94. The number of nitrogens with zero attached hydrogens (tertiary/aromatic N) is 2. The van der Waals surface area contributed by atoms with Crippen molar-refractivity contribution in [3.63, 3.8) is 0 Å². The number of fused-ring (bicyclic) bond motifs is 1. The van der Waals surface area contributed by atoms with Crippen LogP contribution in [0.1, 0.15) is 30.5 Å². The van der Waals surface area contributed by atoms with Gasteiger partial charge in [-0.05, 0) is 54.4 Å². The lowest BCUT2D eigenvalue weighted by atomic mass is 9.95. The fraction of sp³-hybridized carbons (Fsp3) is 0.179. The van der Waals surface area contributed by atoms with Crippen molar-refractivity contribution in [3.05, 3.63) is 83.4 Å². The third-order valence-electron chi connectivity index (χ3n) is 6.02. The van der Waals surface area contributed by atoms with Crippen LogP contribution in [0.2, 0.25) is 0 Å². The molecule has 5 rings (SSSR count). The highest BCUT2D eigenvalue weighted by atomic mass is 32.1. The van der Waals surface area contributed by atoms with Crippen molar-refractivity contribution in [2.75, 3.05) is 18.6 Å². The Balaban J connectivity index is 1.67. The SMILES string of the molecule is CCCOc1cccc(/C(O)=C2\C(=O)C(=O)N(c3nc4ccc(OC)cc4s3)C2c2ccc(O)cc2)c1. The van der Waals surface area contributed by atoms with Crippen molar-refractivity contribution in [3.8, 4) is 17.2 Å². The number of carbonyl (C=O) groups excluding carboxylic acids is 2. The van der Waals surface area contributed by atoms with Gasteiger partial charge < -0.3 is 19.7 Å². The Morgan fingerprint density at radius 1 is 1.05 bits per heavy atom. The second-order valence-electron chi connectivity index (χ2n) is 8.47. The number of rotatable bonds is 7. The van der Waals surface area contributed by atoms with Gasteiger partial charge in [-0.25, -0.2) is 4.98 Å². The number of hydrogen-bond acceptors (Lipinski definition) is 8. The van der Waals surface area contributed by atoms with E-state index in [-0.39, 0.29) is 17.1 Å². The Morgan fingerprint density at radius 2 is 1.84 bits per heavy atom. The Kier molecular flexibility index (Phi) is 6.54. The van der Waals surface area contributed by atoms with Gasteiger partial charge in [0.2, 0.25) is 0 Å². The molecule has 0 saturated carbocycles. The summed E-state index contributed by atoms with van der Waals surface area (Å²) in [5.41, 5.74) is 1.46. The average Bonchev–Trinajstić information content (AvgIpc) is 3.45. The highest BCUT2D eigenvalue weighted by Gasteiger charge is 2.48. The first-order valence-electron chi connectivity index (χ1n) is 11.7. The topological polar surface area (TPSA) is 109 Å². The molecule has 1 aliphatic heterocycles. The van der Waals surface area contributed by atoms with Gasteiger partial charge in [0.15, 0.2) is 5.13 Å². The Labute approximate surface area is 217 Å². The van der Waals surface area contributed by atoms with Crippen molar-refractivity contribution in [2.45, 2.75) is 19.4 Å². The average molecular weight is 517 g/mol. The summed E-state index contributed by atoms with van der Waals surface area (Å²) in [5.74, 6) is -0.722. The van der Waals surface area contributed by atoms with Gasteiger partial charge in [-0.3, -0.25) is 14.5 Å². The first-order valence-corrected chi connectivity index (χ1v) is 12.5. The molecule has 1 atom stereocenters. The first-order chi connectivity index (χ1) is 17.9. The standard InChI is InChI=1S/C28H24N2O6S/c1-3-13-36-20-6-4-5-17(14-20)25(32)23-24(16-7-9-18(31)10-8-16)30(27(34)26(23)33)28-29-21-12-11-19(35-2)15-22(21)37-28/h4-12,14-15,24,31-32H,3,13H2,1-2H3/b25-23+. The van der Waals surface area contributed by atoms with Gasteiger partial charge in [0.25, 0.3) is 5.78 Å². The molecular weight excluding hydrogens is 492 g/mol. The van der Waals surface area contributed by atoms with Crippen LogP contribution >= 0.6 is 11.3 Å². The van der Waals surface area contributed by atoms with Crippen LogP contribution in [0.3, 0.4) is 0 Å². The van der Waals surface area contributed by atoms with Crippen LogP contribution in [0.25, 0.3) is 16.0 Å². The monoisotopic (exact) mass is 516 g/mol. The fourth-order valence-corrected chi connectivity index (χ4v) is 5.25. The van der Waals surface area contributed by atoms with Crippen molar-refractivity contribution >= 4 is 44.1 Å². The number of Topliss-reactive ketones (excluding diaryl/α,β-unsaturated/α-hetero) is 1. The Morgan fingerprint density at radius 3 is 2.57 bits per heavy atom. The molecule has 9 heteroatoms. The lowest BCUT2D eigenvalue weighted by molar-refractivity contribution is -0.132. The van der Waals surface area contributed by atoms with E-state index < -0.39 is 17.7 Å². The molecule has 188 valence electrons. The minimum Gasteiger partial charge on any atom is -0.508 e. The van der Waals surface area contributed by atoms with E-state index in [1.54, 1.807) is 55.6 Å². The summed E-state index contributed by atoms with van der Waals surface area (Å²) in [6.07, 6.45) is 0.816. The van der Waals surface area contributed by atoms with Gasteiger partial charge in [-0.2, -0.15) is 0 Å². The van der Waals surface area contributed by atoms with Crippen LogP contribution in [-0.4, -0.2) is 40.6 Å². The van der Waals surface area contributed by atoms with Crippen LogP contribution in [0.5, 0.6) is 17.2 Å². The molecule has 3 aromatic carbocycles. The number of aromatic nitrogens is 1. The van der Waals surface area contributed by atoms with E-state index in [0.29, 0.717) is 39.9 Å². The van der Waals surface area contributed by atoms with Gasteiger partial charge in [0.05, 0.1) is 35.5 Å². The number of phenolic OH excluding ortho intramolecular Hbond substituents is 1. The second-order valence-corrected chi connectivity index (χ2v) is 9.48. The summed E-state index contributed by atoms with van der Waals surface area (Å²) >= 11 is 1.24. The number of anilines is 1. The summed E-state index contributed by atoms with van der Waals surface area (Å²) in [6, 6.07) is 17.3. The number of thiazole rings is 1. The fourth-order valence-electron chi connectivity index (χ4n) is 4.23. The number of benzene rings is 3. The van der Waals surface area contributed by atoms with E-state index in [9.17, 15) is 19.8 Å². The number of carbonyl (C=O) groups is 2. The molecule has 0 radical (unpaired) electrons. The van der Waals surface area contributed by atoms with E-state index in [2.05, 4.69) is 4.98 Å². The molecular formula is C28H24N2O6S. The largest absolute Gasteiger partial charge is 0.508 e. The minimum atomic E-state index is -0.955. The van der Waals surface area contributed by atoms with Crippen molar-refractivity contribution in [1.29, 1.82) is 0 Å². The number of methoxy groups -OCH3 is 1. The van der Waals surface area contributed by atoms with Gasteiger partial charge >= 0.3 is 5.91 Å². The van der Waals surface area contributed by atoms with Gasteiger partial charge in [0.1, 0.15) is 23.0 Å². The molecule has 2 heterocycles. The van der Waals surface area contributed by atoms with Crippen LogP contribution in [0.4, 0.5) is 5.13 Å². The molecule has 0 bridgehead atoms. The molecule has 1 fully saturated rings. The number of aliphatic hydroxyl groups is 1. The van der Waals surface area contributed by atoms with Crippen LogP contribution in [-0.2, 0) is 9.59 Å². The van der Waals surface area contributed by atoms with E-state index in [1.165, 1.54) is 28.4 Å². The molecule has 37 heavy (non-hydrogen) atoms. The number of ether oxygens (including phenoxy) is 2. The molecule has 0 aliphatic carbocycles. The van der Waals surface area contributed by atoms with E-state index in [1.807, 2.05) is 13.0 Å². The molecule has 4 aromatic rings. The summed E-state index contributed by atoms with van der Waals surface area (Å²) < 4.78 is 11.8. The molecule has 1 saturated heterocycles. The number of amides is 1. The lowest BCUT2D eigenvalue weighted by Crippen LogP contribution is -2.29. The number of ketones is 1. The van der Waals surface area contributed by atoms with E-state index in [0.717, 1.165) is 11.1 Å². The van der Waals surface area contributed by atoms with Crippen molar-refractivity contribution in [1.82, 2.24) is 4.98 Å². The quantitative estimate of drug-likeness (QED) is 0.192. The molecule has 1 amide bonds. The number of phenols is 1.